The van der Waals surface area contributed by atoms with Gasteiger partial charge in [0.1, 0.15) is 5.82 Å². The van der Waals surface area contributed by atoms with Crippen molar-refractivity contribution in [2.45, 2.75) is 32.5 Å². The smallest absolute Gasteiger partial charge is 0.122 e. The molecule has 0 radical (unpaired) electrons. The van der Waals surface area contributed by atoms with Crippen molar-refractivity contribution in [3.63, 3.8) is 0 Å². The van der Waals surface area contributed by atoms with Crippen molar-refractivity contribution in [2.24, 2.45) is 11.8 Å². The van der Waals surface area contributed by atoms with Gasteiger partial charge in [-0.3, -0.25) is 4.90 Å². The highest BCUT2D eigenvalue weighted by Crippen LogP contribution is 2.29. The molecule has 1 aromatic carbocycles. The highest BCUT2D eigenvalue weighted by atomic mass is 16.5. The summed E-state index contributed by atoms with van der Waals surface area (Å²) >= 11 is 0. The van der Waals surface area contributed by atoms with E-state index in [0.29, 0.717) is 5.92 Å². The van der Waals surface area contributed by atoms with E-state index in [0.717, 1.165) is 56.7 Å². The maximum absolute atomic E-state index is 9.11. The van der Waals surface area contributed by atoms with E-state index in [1.807, 2.05) is 24.4 Å². The Morgan fingerprint density at radius 2 is 2.08 bits per heavy atom. The summed E-state index contributed by atoms with van der Waals surface area (Å²) in [7, 11) is 0. The molecule has 0 unspecified atom stereocenters. The van der Waals surface area contributed by atoms with Gasteiger partial charge in [-0.2, -0.15) is 5.26 Å². The molecule has 1 saturated carbocycles. The van der Waals surface area contributed by atoms with Crippen LogP contribution in [0.3, 0.4) is 0 Å². The van der Waals surface area contributed by atoms with E-state index in [1.165, 1.54) is 18.4 Å². The Hall–Kier alpha value is -2.16. The molecule has 2 heterocycles. The van der Waals surface area contributed by atoms with Gasteiger partial charge < -0.3 is 9.30 Å². The van der Waals surface area contributed by atoms with Crippen LogP contribution in [0.5, 0.6) is 0 Å². The van der Waals surface area contributed by atoms with Crippen molar-refractivity contribution in [3.05, 3.63) is 53.6 Å². The minimum atomic E-state index is 0.466. The van der Waals surface area contributed by atoms with E-state index in [1.54, 1.807) is 0 Å². The van der Waals surface area contributed by atoms with Gasteiger partial charge >= 0.3 is 0 Å². The lowest BCUT2D eigenvalue weighted by Crippen LogP contribution is -2.30. The summed E-state index contributed by atoms with van der Waals surface area (Å²) in [6, 6.07) is 10.1. The van der Waals surface area contributed by atoms with E-state index in [-0.39, 0.29) is 0 Å². The van der Waals surface area contributed by atoms with Gasteiger partial charge in [0.2, 0.25) is 0 Å². The number of nitrogens with zero attached hydrogens (tertiary/aromatic N) is 4. The number of imidazole rings is 1. The first-order valence-corrected chi connectivity index (χ1v) is 9.09. The fraction of sp³-hybridized carbons (Fsp3) is 0.500. The lowest BCUT2D eigenvalue weighted by molar-refractivity contribution is 0.0705. The second-order valence-electron chi connectivity index (χ2n) is 7.32. The fourth-order valence-corrected chi connectivity index (χ4v) is 3.53. The molecule has 5 nitrogen and oxygen atoms in total. The van der Waals surface area contributed by atoms with Crippen LogP contribution in [0.25, 0.3) is 0 Å². The summed E-state index contributed by atoms with van der Waals surface area (Å²) in [6.07, 6.45) is 6.62. The lowest BCUT2D eigenvalue weighted by atomic mass is 10.1. The Morgan fingerprint density at radius 3 is 2.92 bits per heavy atom. The van der Waals surface area contributed by atoms with Crippen LogP contribution in [0.4, 0.5) is 0 Å². The van der Waals surface area contributed by atoms with Crippen LogP contribution >= 0.6 is 0 Å². The third kappa shape index (κ3) is 4.28. The molecule has 130 valence electrons. The van der Waals surface area contributed by atoms with Gasteiger partial charge in [-0.05, 0) is 36.5 Å². The predicted octanol–water partition coefficient (Wildman–Crippen LogP) is 2.81. The Bertz CT molecular complexity index is 759. The first-order valence-electron chi connectivity index (χ1n) is 9.09. The van der Waals surface area contributed by atoms with Gasteiger partial charge in [0.25, 0.3) is 0 Å². The largest absolute Gasteiger partial charge is 0.381 e. The standard InChI is InChI=1S/C20H24N4O/c21-9-17-2-1-3-18(8-17)10-23-11-19(15-25-14-16-4-5-16)12-24-7-6-22-20(24)13-23/h1-3,6-8,16,19H,4-5,10-15H2/t19-/m1/s1. The summed E-state index contributed by atoms with van der Waals surface area (Å²) in [6.45, 7) is 5.35. The highest BCUT2D eigenvalue weighted by molar-refractivity contribution is 5.32. The number of aromatic nitrogens is 2. The topological polar surface area (TPSA) is 54.1 Å². The van der Waals surface area contributed by atoms with Crippen molar-refractivity contribution < 1.29 is 4.74 Å². The second-order valence-corrected chi connectivity index (χ2v) is 7.32. The third-order valence-electron chi connectivity index (χ3n) is 5.00. The third-order valence-corrected chi connectivity index (χ3v) is 5.00. The number of benzene rings is 1. The monoisotopic (exact) mass is 336 g/mol. The van der Waals surface area contributed by atoms with Crippen molar-refractivity contribution in [1.29, 1.82) is 5.26 Å². The molecule has 0 amide bonds. The maximum atomic E-state index is 9.11. The molecule has 1 atom stereocenters. The van der Waals surface area contributed by atoms with E-state index in [2.05, 4.69) is 32.8 Å². The number of hydrogen-bond donors (Lipinski definition) is 0. The van der Waals surface area contributed by atoms with E-state index in [4.69, 9.17) is 10.00 Å². The minimum Gasteiger partial charge on any atom is -0.381 e. The average molecular weight is 336 g/mol. The molecular weight excluding hydrogens is 312 g/mol. The number of nitriles is 1. The van der Waals surface area contributed by atoms with Gasteiger partial charge in [-0.15, -0.1) is 0 Å². The SMILES string of the molecule is N#Cc1cccc(CN2Cc3nccn3C[C@H](COCC3CC3)C2)c1. The van der Waals surface area contributed by atoms with Gasteiger partial charge in [0, 0.05) is 44.6 Å². The average Bonchev–Trinajstić information content (AvgIpc) is 3.37. The summed E-state index contributed by atoms with van der Waals surface area (Å²) in [5.41, 5.74) is 1.90. The predicted molar refractivity (Wildman–Crippen MR) is 94.5 cm³/mol. The van der Waals surface area contributed by atoms with Gasteiger partial charge in [0.05, 0.1) is 24.8 Å². The van der Waals surface area contributed by atoms with E-state index < -0.39 is 0 Å². The fourth-order valence-electron chi connectivity index (χ4n) is 3.53. The first kappa shape index (κ1) is 16.3. The number of ether oxygens (including phenoxy) is 1. The summed E-state index contributed by atoms with van der Waals surface area (Å²) < 4.78 is 8.24. The van der Waals surface area contributed by atoms with Crippen molar-refractivity contribution in [3.8, 4) is 6.07 Å². The number of fused-ring (bicyclic) bond motifs is 1. The van der Waals surface area contributed by atoms with Gasteiger partial charge in [-0.1, -0.05) is 12.1 Å². The van der Waals surface area contributed by atoms with Crippen LogP contribution in [-0.4, -0.2) is 34.2 Å². The zero-order valence-corrected chi connectivity index (χ0v) is 14.5. The molecule has 25 heavy (non-hydrogen) atoms. The van der Waals surface area contributed by atoms with Crippen LogP contribution in [0.15, 0.2) is 36.7 Å². The van der Waals surface area contributed by atoms with Crippen LogP contribution in [0, 0.1) is 23.2 Å². The summed E-state index contributed by atoms with van der Waals surface area (Å²) in [5, 5.41) is 9.11. The molecule has 1 fully saturated rings. The van der Waals surface area contributed by atoms with Crippen LogP contribution < -0.4 is 0 Å². The number of rotatable bonds is 6. The van der Waals surface area contributed by atoms with Crippen molar-refractivity contribution >= 4 is 0 Å². The molecule has 1 aromatic heterocycles. The molecule has 0 spiro atoms. The molecule has 0 N–H and O–H groups in total. The first-order chi connectivity index (χ1) is 12.3. The van der Waals surface area contributed by atoms with Gasteiger partial charge in [0.15, 0.2) is 0 Å². The molecular formula is C20H24N4O. The Morgan fingerprint density at radius 1 is 1.20 bits per heavy atom. The molecule has 1 aliphatic heterocycles. The Balaban J connectivity index is 1.44. The molecule has 0 bridgehead atoms. The van der Waals surface area contributed by atoms with E-state index >= 15 is 0 Å². The zero-order chi connectivity index (χ0) is 17.1. The molecule has 2 aliphatic rings. The highest BCUT2D eigenvalue weighted by Gasteiger charge is 2.25. The Labute approximate surface area is 148 Å². The normalized spacial score (nSPS) is 20.7. The Kier molecular flexibility index (Phi) is 4.82. The summed E-state index contributed by atoms with van der Waals surface area (Å²) in [4.78, 5) is 6.95. The number of hydrogen-bond acceptors (Lipinski definition) is 4. The van der Waals surface area contributed by atoms with Crippen molar-refractivity contribution in [2.75, 3.05) is 19.8 Å². The minimum absolute atomic E-state index is 0.466. The lowest BCUT2D eigenvalue weighted by Gasteiger charge is -2.24. The van der Waals surface area contributed by atoms with Crippen LogP contribution in [-0.2, 0) is 24.4 Å². The van der Waals surface area contributed by atoms with Crippen LogP contribution in [0.1, 0.15) is 29.8 Å². The van der Waals surface area contributed by atoms with Gasteiger partial charge in [-0.25, -0.2) is 4.98 Å². The second kappa shape index (κ2) is 7.38. The quantitative estimate of drug-likeness (QED) is 0.814. The molecule has 5 heteroatoms. The summed E-state index contributed by atoms with van der Waals surface area (Å²) in [5.74, 6) is 2.38. The molecule has 1 aliphatic carbocycles. The molecule has 4 rings (SSSR count). The van der Waals surface area contributed by atoms with Crippen molar-refractivity contribution in [1.82, 2.24) is 14.5 Å². The molecule has 0 saturated heterocycles. The van der Waals surface area contributed by atoms with Crippen LogP contribution in [0.2, 0.25) is 0 Å². The molecule has 2 aromatic rings. The zero-order valence-electron chi connectivity index (χ0n) is 14.5. The maximum Gasteiger partial charge on any atom is 0.122 e. The van der Waals surface area contributed by atoms with E-state index in [9.17, 15) is 0 Å².